The van der Waals surface area contributed by atoms with Crippen molar-refractivity contribution in [3.8, 4) is 11.5 Å². The van der Waals surface area contributed by atoms with E-state index in [0.29, 0.717) is 24.5 Å². The van der Waals surface area contributed by atoms with E-state index in [1.165, 1.54) is 4.90 Å². The van der Waals surface area contributed by atoms with Gasteiger partial charge in [0.05, 0.1) is 26.1 Å². The van der Waals surface area contributed by atoms with Crippen molar-refractivity contribution < 1.29 is 19.1 Å². The van der Waals surface area contributed by atoms with E-state index in [2.05, 4.69) is 12.2 Å². The van der Waals surface area contributed by atoms with Gasteiger partial charge in [0.1, 0.15) is 0 Å². The molecule has 1 heterocycles. The average molecular weight is 327 g/mol. The Hall–Kier alpha value is -2.30. The fourth-order valence-corrected chi connectivity index (χ4v) is 4.46. The van der Waals surface area contributed by atoms with E-state index < -0.39 is 0 Å². The van der Waals surface area contributed by atoms with Crippen LogP contribution < -0.4 is 9.47 Å². The van der Waals surface area contributed by atoms with Crippen molar-refractivity contribution in [3.63, 3.8) is 0 Å². The van der Waals surface area contributed by atoms with Crippen LogP contribution in [0.5, 0.6) is 11.5 Å². The van der Waals surface area contributed by atoms with Gasteiger partial charge in [-0.05, 0) is 42.4 Å². The first-order valence-corrected chi connectivity index (χ1v) is 8.38. The number of rotatable bonds is 5. The Kier molecular flexibility index (Phi) is 3.59. The van der Waals surface area contributed by atoms with E-state index in [1.54, 1.807) is 14.2 Å². The van der Waals surface area contributed by atoms with Crippen molar-refractivity contribution in [2.24, 2.45) is 23.7 Å². The highest BCUT2D eigenvalue weighted by Gasteiger charge is 2.58. The number of imide groups is 1. The number of carbonyl (C=O) groups excluding carboxylic acids is 2. The Labute approximate surface area is 141 Å². The van der Waals surface area contributed by atoms with Crippen molar-refractivity contribution in [1.82, 2.24) is 4.90 Å². The third-order valence-electron chi connectivity index (χ3n) is 5.63. The monoisotopic (exact) mass is 327 g/mol. The summed E-state index contributed by atoms with van der Waals surface area (Å²) in [7, 11) is 3.19. The van der Waals surface area contributed by atoms with Crippen molar-refractivity contribution in [1.29, 1.82) is 0 Å². The van der Waals surface area contributed by atoms with Crippen LogP contribution in [0.2, 0.25) is 0 Å². The maximum atomic E-state index is 12.7. The van der Waals surface area contributed by atoms with E-state index in [-0.39, 0.29) is 35.5 Å². The van der Waals surface area contributed by atoms with Gasteiger partial charge in [-0.25, -0.2) is 0 Å². The molecule has 4 rings (SSSR count). The molecule has 3 aliphatic rings. The molecule has 1 aromatic rings. The molecule has 1 aliphatic heterocycles. The molecule has 24 heavy (non-hydrogen) atoms. The summed E-state index contributed by atoms with van der Waals surface area (Å²) in [4.78, 5) is 26.8. The molecule has 1 saturated heterocycles. The lowest BCUT2D eigenvalue weighted by molar-refractivity contribution is -0.140. The number of hydrogen-bond acceptors (Lipinski definition) is 4. The van der Waals surface area contributed by atoms with Crippen molar-refractivity contribution in [2.75, 3.05) is 20.8 Å². The van der Waals surface area contributed by atoms with Crippen LogP contribution in [0.15, 0.2) is 30.4 Å². The Balaban J connectivity index is 1.47. The molecule has 0 radical (unpaired) electrons. The summed E-state index contributed by atoms with van der Waals surface area (Å²) < 4.78 is 10.5. The smallest absolute Gasteiger partial charge is 0.233 e. The van der Waals surface area contributed by atoms with E-state index in [4.69, 9.17) is 9.47 Å². The first-order chi connectivity index (χ1) is 11.6. The highest BCUT2D eigenvalue weighted by atomic mass is 16.5. The first-order valence-electron chi connectivity index (χ1n) is 8.38. The van der Waals surface area contributed by atoms with Crippen LogP contribution in [0.3, 0.4) is 0 Å². The zero-order chi connectivity index (χ0) is 16.8. The number of benzene rings is 1. The minimum Gasteiger partial charge on any atom is -0.493 e. The zero-order valence-corrected chi connectivity index (χ0v) is 13.9. The van der Waals surface area contributed by atoms with Crippen LogP contribution in [0.25, 0.3) is 0 Å². The molecule has 1 saturated carbocycles. The molecule has 4 atom stereocenters. The molecule has 0 spiro atoms. The molecule has 0 aromatic heterocycles. The van der Waals surface area contributed by atoms with Gasteiger partial charge < -0.3 is 9.47 Å². The minimum atomic E-state index is -0.113. The van der Waals surface area contributed by atoms with Crippen LogP contribution >= 0.6 is 0 Å². The second-order valence-electron chi connectivity index (χ2n) is 6.77. The number of amides is 2. The third kappa shape index (κ3) is 2.14. The SMILES string of the molecule is COc1ccc(CCN2C(=O)[C@@H]3[C@@H](C2=O)[C@H]2C=C[C@H]3C2)cc1OC. The molecule has 126 valence electrons. The van der Waals surface area contributed by atoms with Crippen LogP contribution in [0, 0.1) is 23.7 Å². The fraction of sp³-hybridized carbons (Fsp3) is 0.474. The van der Waals surface area contributed by atoms with Gasteiger partial charge in [0.15, 0.2) is 11.5 Å². The Morgan fingerprint density at radius 2 is 1.62 bits per heavy atom. The number of nitrogens with zero attached hydrogens (tertiary/aromatic N) is 1. The number of ether oxygens (including phenoxy) is 2. The largest absolute Gasteiger partial charge is 0.493 e. The second kappa shape index (κ2) is 5.65. The van der Waals surface area contributed by atoms with Crippen LogP contribution in [-0.2, 0) is 16.0 Å². The molecule has 0 N–H and O–H groups in total. The Morgan fingerprint density at radius 3 is 2.21 bits per heavy atom. The fourth-order valence-electron chi connectivity index (χ4n) is 4.46. The summed E-state index contributed by atoms with van der Waals surface area (Å²) in [5.41, 5.74) is 1.02. The lowest BCUT2D eigenvalue weighted by atomic mass is 9.85. The van der Waals surface area contributed by atoms with Gasteiger partial charge in [-0.1, -0.05) is 18.2 Å². The van der Waals surface area contributed by atoms with Crippen molar-refractivity contribution in [3.05, 3.63) is 35.9 Å². The molecule has 0 unspecified atom stereocenters. The van der Waals surface area contributed by atoms with E-state index in [1.807, 2.05) is 18.2 Å². The average Bonchev–Trinajstić information content (AvgIpc) is 3.27. The van der Waals surface area contributed by atoms with Gasteiger partial charge in [0.2, 0.25) is 11.8 Å². The maximum absolute atomic E-state index is 12.7. The summed E-state index contributed by atoms with van der Waals surface area (Å²) >= 11 is 0. The van der Waals surface area contributed by atoms with Crippen LogP contribution in [0.1, 0.15) is 12.0 Å². The molecule has 5 nitrogen and oxygen atoms in total. The maximum Gasteiger partial charge on any atom is 0.233 e. The predicted octanol–water partition coefficient (Wildman–Crippen LogP) is 2.05. The predicted molar refractivity (Wildman–Crippen MR) is 87.7 cm³/mol. The van der Waals surface area contributed by atoms with Gasteiger partial charge in [0, 0.05) is 6.54 Å². The lowest BCUT2D eigenvalue weighted by Gasteiger charge is -2.17. The Bertz CT molecular complexity index is 696. The molecular formula is C19H21NO4. The van der Waals surface area contributed by atoms with Crippen molar-refractivity contribution in [2.45, 2.75) is 12.8 Å². The number of fused-ring (bicyclic) bond motifs is 5. The number of likely N-dealkylation sites (tertiary alicyclic amines) is 1. The third-order valence-corrected chi connectivity index (χ3v) is 5.63. The van der Waals surface area contributed by atoms with E-state index in [9.17, 15) is 9.59 Å². The van der Waals surface area contributed by atoms with Gasteiger partial charge in [-0.3, -0.25) is 14.5 Å². The zero-order valence-electron chi connectivity index (χ0n) is 13.9. The number of hydrogen-bond donors (Lipinski definition) is 0. The molecule has 2 amide bonds. The quantitative estimate of drug-likeness (QED) is 0.613. The summed E-state index contributed by atoms with van der Waals surface area (Å²) in [5, 5.41) is 0. The molecule has 2 fully saturated rings. The van der Waals surface area contributed by atoms with Crippen LogP contribution in [-0.4, -0.2) is 37.5 Å². The van der Waals surface area contributed by atoms with Crippen LogP contribution in [0.4, 0.5) is 0 Å². The highest BCUT2D eigenvalue weighted by Crippen LogP contribution is 2.52. The molecule has 2 bridgehead atoms. The summed E-state index contributed by atoms with van der Waals surface area (Å²) in [6, 6.07) is 5.69. The Morgan fingerprint density at radius 1 is 1.00 bits per heavy atom. The number of methoxy groups -OCH3 is 2. The number of allylic oxidation sites excluding steroid dienone is 2. The van der Waals surface area contributed by atoms with Gasteiger partial charge in [-0.15, -0.1) is 0 Å². The van der Waals surface area contributed by atoms with E-state index >= 15 is 0 Å². The van der Waals surface area contributed by atoms with Gasteiger partial charge in [-0.2, -0.15) is 0 Å². The topological polar surface area (TPSA) is 55.8 Å². The molecule has 2 aliphatic carbocycles. The minimum absolute atomic E-state index is 0.0160. The summed E-state index contributed by atoms with van der Waals surface area (Å²) in [6.45, 7) is 0.430. The van der Waals surface area contributed by atoms with Gasteiger partial charge in [0.25, 0.3) is 0 Å². The van der Waals surface area contributed by atoms with Gasteiger partial charge >= 0.3 is 0 Å². The number of carbonyl (C=O) groups is 2. The molecule has 5 heteroatoms. The standard InChI is InChI=1S/C19H21NO4/c1-23-14-6-3-11(9-15(14)24-2)7-8-20-18(21)16-12-4-5-13(10-12)17(16)19(20)22/h3-6,9,12-13,16-17H,7-8,10H2,1-2H3/t12-,13-,16-,17-/m0/s1. The molecular weight excluding hydrogens is 306 g/mol. The van der Waals surface area contributed by atoms with Crippen molar-refractivity contribution >= 4 is 11.8 Å². The van der Waals surface area contributed by atoms with E-state index in [0.717, 1.165) is 12.0 Å². The summed E-state index contributed by atoms with van der Waals surface area (Å²) in [6.07, 6.45) is 5.83. The molecule has 1 aromatic carbocycles. The highest BCUT2D eigenvalue weighted by molar-refractivity contribution is 6.06. The summed E-state index contributed by atoms with van der Waals surface area (Å²) in [5.74, 6) is 1.67. The second-order valence-corrected chi connectivity index (χ2v) is 6.77. The first kappa shape index (κ1) is 15.2. The normalized spacial score (nSPS) is 30.2. The lowest BCUT2D eigenvalue weighted by Crippen LogP contribution is -2.34.